The molecule has 0 aliphatic heterocycles. The molecule has 1 N–H and O–H groups in total. The standard InChI is InChI=1S/C23H25F2N3O4/c1-4-32-22(31)23(2,3)17(29)11-26-21(30)19-18-12-5-6-13(9-12)20(18)28(27-19)16-8-7-14(24)10-15(16)25/h7-8,10,12-13H,4-6,9,11H2,1-3H3,(H,26,30)/t12-,13+/m0/s1. The summed E-state index contributed by atoms with van der Waals surface area (Å²) in [6.07, 6.45) is 2.68. The summed E-state index contributed by atoms with van der Waals surface area (Å²) in [7, 11) is 0. The fourth-order valence-corrected chi connectivity index (χ4v) is 4.63. The van der Waals surface area contributed by atoms with Gasteiger partial charge in [0.15, 0.2) is 17.3 Å². The van der Waals surface area contributed by atoms with Crippen LogP contribution in [0.4, 0.5) is 8.78 Å². The number of benzene rings is 1. The summed E-state index contributed by atoms with van der Waals surface area (Å²) in [5, 5.41) is 6.93. The summed E-state index contributed by atoms with van der Waals surface area (Å²) in [6.45, 7) is 4.32. The van der Waals surface area contributed by atoms with Gasteiger partial charge in [0.25, 0.3) is 5.91 Å². The van der Waals surface area contributed by atoms with E-state index in [0.717, 1.165) is 42.7 Å². The number of nitrogens with one attached hydrogen (secondary N) is 1. The van der Waals surface area contributed by atoms with Crippen LogP contribution in [0.3, 0.4) is 0 Å². The minimum Gasteiger partial charge on any atom is -0.465 e. The Morgan fingerprint density at radius 1 is 1.22 bits per heavy atom. The van der Waals surface area contributed by atoms with E-state index in [9.17, 15) is 23.2 Å². The van der Waals surface area contributed by atoms with Crippen LogP contribution in [0.25, 0.3) is 5.69 Å². The number of ketones is 1. The predicted octanol–water partition coefficient (Wildman–Crippen LogP) is 3.40. The first-order chi connectivity index (χ1) is 15.1. The highest BCUT2D eigenvalue weighted by Gasteiger charge is 2.44. The van der Waals surface area contributed by atoms with E-state index in [4.69, 9.17) is 4.74 Å². The quantitative estimate of drug-likeness (QED) is 0.521. The van der Waals surface area contributed by atoms with Crippen molar-refractivity contribution in [3.63, 3.8) is 0 Å². The number of fused-ring (bicyclic) bond motifs is 5. The van der Waals surface area contributed by atoms with E-state index in [1.807, 2.05) is 0 Å². The molecule has 2 aliphatic carbocycles. The van der Waals surface area contributed by atoms with Gasteiger partial charge in [-0.25, -0.2) is 13.5 Å². The molecule has 0 unspecified atom stereocenters. The van der Waals surface area contributed by atoms with Gasteiger partial charge in [0.05, 0.1) is 18.8 Å². The van der Waals surface area contributed by atoms with Crippen molar-refractivity contribution in [3.05, 3.63) is 46.8 Å². The largest absolute Gasteiger partial charge is 0.465 e. The monoisotopic (exact) mass is 445 g/mol. The van der Waals surface area contributed by atoms with Crippen LogP contribution in [-0.2, 0) is 14.3 Å². The molecule has 2 atom stereocenters. The van der Waals surface area contributed by atoms with Crippen molar-refractivity contribution in [2.45, 2.75) is 51.9 Å². The highest BCUT2D eigenvalue weighted by atomic mass is 19.1. The molecule has 2 bridgehead atoms. The van der Waals surface area contributed by atoms with Gasteiger partial charge in [-0.2, -0.15) is 5.10 Å². The van der Waals surface area contributed by atoms with Gasteiger partial charge in [0.2, 0.25) is 0 Å². The second kappa shape index (κ2) is 8.11. The highest BCUT2D eigenvalue weighted by Crippen LogP contribution is 2.54. The Morgan fingerprint density at radius 3 is 2.62 bits per heavy atom. The van der Waals surface area contributed by atoms with Crippen LogP contribution in [0, 0.1) is 17.0 Å². The summed E-state index contributed by atoms with van der Waals surface area (Å²) in [5.74, 6) is -2.89. The zero-order valence-corrected chi connectivity index (χ0v) is 18.2. The number of carbonyl (C=O) groups excluding carboxylic acids is 3. The van der Waals surface area contributed by atoms with Crippen LogP contribution in [0.2, 0.25) is 0 Å². The molecule has 0 saturated heterocycles. The lowest BCUT2D eigenvalue weighted by Crippen LogP contribution is -2.42. The number of esters is 1. The third-order valence-electron chi connectivity index (χ3n) is 6.43. The zero-order chi connectivity index (χ0) is 23.2. The topological polar surface area (TPSA) is 90.3 Å². The van der Waals surface area contributed by atoms with Crippen LogP contribution in [0.5, 0.6) is 0 Å². The van der Waals surface area contributed by atoms with E-state index in [-0.39, 0.29) is 36.4 Å². The number of nitrogens with zero attached hydrogens (tertiary/aromatic N) is 2. The van der Waals surface area contributed by atoms with Gasteiger partial charge >= 0.3 is 5.97 Å². The molecule has 7 nitrogen and oxygen atoms in total. The number of amides is 1. The van der Waals surface area contributed by atoms with Crippen molar-refractivity contribution in [2.24, 2.45) is 5.41 Å². The smallest absolute Gasteiger partial charge is 0.319 e. The summed E-state index contributed by atoms with van der Waals surface area (Å²) < 4.78 is 34.2. The SMILES string of the molecule is CCOC(=O)C(C)(C)C(=O)CNC(=O)c1nn(-c2ccc(F)cc2F)c2c1[C@H]1CC[C@@H]2C1. The van der Waals surface area contributed by atoms with Gasteiger partial charge < -0.3 is 10.1 Å². The van der Waals surface area contributed by atoms with E-state index >= 15 is 0 Å². The third kappa shape index (κ3) is 3.59. The fraction of sp³-hybridized carbons (Fsp3) is 0.478. The van der Waals surface area contributed by atoms with Gasteiger partial charge in [0, 0.05) is 17.5 Å². The molecule has 2 aliphatic rings. The predicted molar refractivity (Wildman–Crippen MR) is 111 cm³/mol. The first-order valence-corrected chi connectivity index (χ1v) is 10.7. The van der Waals surface area contributed by atoms with E-state index in [1.54, 1.807) is 6.92 Å². The number of halogens is 2. The van der Waals surface area contributed by atoms with Crippen molar-refractivity contribution >= 4 is 17.7 Å². The molecular weight excluding hydrogens is 420 g/mol. The van der Waals surface area contributed by atoms with Crippen molar-refractivity contribution in [2.75, 3.05) is 13.2 Å². The maximum Gasteiger partial charge on any atom is 0.319 e. The third-order valence-corrected chi connectivity index (χ3v) is 6.43. The summed E-state index contributed by atoms with van der Waals surface area (Å²) in [5.41, 5.74) is 0.349. The van der Waals surface area contributed by atoms with Crippen molar-refractivity contribution < 1.29 is 27.9 Å². The normalized spacial score (nSPS) is 19.0. The number of rotatable bonds is 7. The van der Waals surface area contributed by atoms with Crippen molar-refractivity contribution in [1.29, 1.82) is 0 Å². The van der Waals surface area contributed by atoms with Crippen LogP contribution in [0.1, 0.15) is 73.6 Å². The molecule has 1 saturated carbocycles. The van der Waals surface area contributed by atoms with Crippen LogP contribution < -0.4 is 5.32 Å². The van der Waals surface area contributed by atoms with Crippen molar-refractivity contribution in [1.82, 2.24) is 15.1 Å². The highest BCUT2D eigenvalue weighted by molar-refractivity contribution is 6.06. The molecule has 32 heavy (non-hydrogen) atoms. The average molecular weight is 445 g/mol. The van der Waals surface area contributed by atoms with Gasteiger partial charge in [0.1, 0.15) is 16.9 Å². The Morgan fingerprint density at radius 2 is 1.94 bits per heavy atom. The van der Waals surface area contributed by atoms with E-state index in [1.165, 1.54) is 24.6 Å². The number of hydrogen-bond acceptors (Lipinski definition) is 5. The lowest BCUT2D eigenvalue weighted by atomic mass is 9.88. The molecule has 0 radical (unpaired) electrons. The molecule has 1 aromatic carbocycles. The lowest BCUT2D eigenvalue weighted by Gasteiger charge is -2.20. The van der Waals surface area contributed by atoms with Gasteiger partial charge in [-0.15, -0.1) is 0 Å². The van der Waals surface area contributed by atoms with Gasteiger partial charge in [-0.05, 0) is 58.1 Å². The van der Waals surface area contributed by atoms with Gasteiger partial charge in [-0.3, -0.25) is 14.4 Å². The number of aromatic nitrogens is 2. The first kappa shape index (κ1) is 22.1. The number of hydrogen-bond donors (Lipinski definition) is 1. The Balaban J connectivity index is 1.61. The number of carbonyl (C=O) groups is 3. The number of Topliss-reactive ketones (excluding diaryl/α,β-unsaturated/α-hetero) is 1. The van der Waals surface area contributed by atoms with E-state index < -0.39 is 34.7 Å². The maximum atomic E-state index is 14.5. The minimum absolute atomic E-state index is 0.0776. The van der Waals surface area contributed by atoms with Crippen LogP contribution in [-0.4, -0.2) is 40.6 Å². The Kier molecular flexibility index (Phi) is 5.60. The molecule has 1 aromatic heterocycles. The molecule has 9 heteroatoms. The van der Waals surface area contributed by atoms with Gasteiger partial charge in [-0.1, -0.05) is 0 Å². The summed E-state index contributed by atoms with van der Waals surface area (Å²) in [6, 6.07) is 3.24. The fourth-order valence-electron chi connectivity index (χ4n) is 4.63. The van der Waals surface area contributed by atoms with Crippen LogP contribution >= 0.6 is 0 Å². The molecular formula is C23H25F2N3O4. The Hall–Kier alpha value is -3.10. The molecule has 0 spiro atoms. The maximum absolute atomic E-state index is 14.5. The zero-order valence-electron chi connectivity index (χ0n) is 18.2. The minimum atomic E-state index is -1.40. The molecule has 1 heterocycles. The Bertz CT molecular complexity index is 1110. The summed E-state index contributed by atoms with van der Waals surface area (Å²) >= 11 is 0. The van der Waals surface area contributed by atoms with E-state index in [0.29, 0.717) is 0 Å². The first-order valence-electron chi connectivity index (χ1n) is 10.7. The molecule has 170 valence electrons. The van der Waals surface area contributed by atoms with Crippen molar-refractivity contribution in [3.8, 4) is 5.69 Å². The summed E-state index contributed by atoms with van der Waals surface area (Å²) in [4.78, 5) is 37.6. The molecule has 2 aromatic rings. The molecule has 4 rings (SSSR count). The molecule has 1 fully saturated rings. The van der Waals surface area contributed by atoms with E-state index in [2.05, 4.69) is 10.4 Å². The Labute approximate surface area is 184 Å². The molecule has 1 amide bonds. The second-order valence-electron chi connectivity index (χ2n) is 8.81. The average Bonchev–Trinajstić information content (AvgIpc) is 3.45. The lowest BCUT2D eigenvalue weighted by molar-refractivity contribution is -0.157. The second-order valence-corrected chi connectivity index (χ2v) is 8.81. The number of ether oxygens (including phenoxy) is 1. The van der Waals surface area contributed by atoms with Crippen LogP contribution in [0.15, 0.2) is 18.2 Å².